The summed E-state index contributed by atoms with van der Waals surface area (Å²) in [6.07, 6.45) is 3.44. The van der Waals surface area contributed by atoms with Crippen molar-refractivity contribution in [2.45, 2.75) is 11.3 Å². The van der Waals surface area contributed by atoms with Crippen LogP contribution in [-0.2, 0) is 4.79 Å². The zero-order valence-corrected chi connectivity index (χ0v) is 11.5. The van der Waals surface area contributed by atoms with E-state index >= 15 is 0 Å². The van der Waals surface area contributed by atoms with Gasteiger partial charge in [0, 0.05) is 18.7 Å². The molecule has 18 heavy (non-hydrogen) atoms. The van der Waals surface area contributed by atoms with Crippen molar-refractivity contribution in [1.29, 1.82) is 0 Å². The van der Waals surface area contributed by atoms with E-state index in [1.165, 1.54) is 24.5 Å². The molecule has 0 unspecified atom stereocenters. The summed E-state index contributed by atoms with van der Waals surface area (Å²) in [6, 6.07) is 1.77. The molecule has 0 spiro atoms. The first kappa shape index (κ1) is 13.0. The highest BCUT2D eigenvalue weighted by atomic mass is 32.2. The van der Waals surface area contributed by atoms with Crippen molar-refractivity contribution in [3.63, 3.8) is 0 Å². The van der Waals surface area contributed by atoms with Gasteiger partial charge in [0.05, 0.1) is 11.2 Å². The van der Waals surface area contributed by atoms with E-state index in [0.29, 0.717) is 11.2 Å². The molecule has 0 aliphatic heterocycles. The third-order valence-electron chi connectivity index (χ3n) is 2.22. The number of ketones is 1. The second-order valence-electron chi connectivity index (χ2n) is 3.56. The average molecular weight is 281 g/mol. The molecule has 0 atom stereocenters. The van der Waals surface area contributed by atoms with E-state index in [2.05, 4.69) is 15.3 Å². The van der Waals surface area contributed by atoms with E-state index in [9.17, 15) is 9.59 Å². The number of nitrogens with zero attached hydrogens (tertiary/aromatic N) is 2. The molecule has 94 valence electrons. The molecule has 0 aromatic carbocycles. The van der Waals surface area contributed by atoms with Gasteiger partial charge in [0.15, 0.2) is 15.8 Å². The van der Waals surface area contributed by atoms with Crippen molar-refractivity contribution in [2.75, 3.05) is 12.8 Å². The zero-order valence-electron chi connectivity index (χ0n) is 9.89. The first-order chi connectivity index (χ1) is 8.60. The maximum absolute atomic E-state index is 11.8. The van der Waals surface area contributed by atoms with E-state index in [0.717, 1.165) is 9.04 Å². The molecular weight excluding hydrogens is 270 g/mol. The Labute approximate surface area is 112 Å². The number of thioether (sulfide) groups is 1. The molecule has 1 amide bonds. The van der Waals surface area contributed by atoms with Crippen LogP contribution in [0.15, 0.2) is 16.6 Å². The van der Waals surface area contributed by atoms with Crippen LogP contribution >= 0.6 is 23.1 Å². The summed E-state index contributed by atoms with van der Waals surface area (Å²) in [5.74, 6) is -0.376. The lowest BCUT2D eigenvalue weighted by atomic mass is 10.2. The minimum absolute atomic E-state index is 0.00327. The predicted molar refractivity (Wildman–Crippen MR) is 72.2 cm³/mol. The molecule has 0 saturated heterocycles. The lowest BCUT2D eigenvalue weighted by Crippen LogP contribution is -2.27. The lowest BCUT2D eigenvalue weighted by molar-refractivity contribution is -0.118. The number of pyridine rings is 1. The van der Waals surface area contributed by atoms with Gasteiger partial charge >= 0.3 is 0 Å². The van der Waals surface area contributed by atoms with Crippen LogP contribution in [0.1, 0.15) is 17.3 Å². The average Bonchev–Trinajstić information content (AvgIpc) is 2.77. The maximum atomic E-state index is 11.8. The molecule has 0 saturated carbocycles. The van der Waals surface area contributed by atoms with Gasteiger partial charge in [-0.05, 0) is 12.3 Å². The number of amides is 1. The summed E-state index contributed by atoms with van der Waals surface area (Å²) < 4.78 is 1.80. The Kier molecular flexibility index (Phi) is 3.93. The van der Waals surface area contributed by atoms with Gasteiger partial charge < -0.3 is 5.32 Å². The standard InChI is InChI=1S/C11H11N3O2S2/c1-6(15)12-5-8(16)7-3-9-10(13-4-7)14-11(17-2)18-9/h3-4H,5H2,1-2H3,(H,12,15). The van der Waals surface area contributed by atoms with Gasteiger partial charge in [0.25, 0.3) is 0 Å². The van der Waals surface area contributed by atoms with E-state index in [1.54, 1.807) is 17.8 Å². The van der Waals surface area contributed by atoms with Crippen molar-refractivity contribution >= 4 is 45.1 Å². The Morgan fingerprint density at radius 3 is 2.94 bits per heavy atom. The lowest BCUT2D eigenvalue weighted by Gasteiger charge is -2.01. The molecule has 0 radical (unpaired) electrons. The third-order valence-corrected chi connectivity index (χ3v) is 4.20. The largest absolute Gasteiger partial charge is 0.349 e. The molecule has 2 aromatic rings. The number of Topliss-reactive ketones (excluding diaryl/α,β-unsaturated/α-hetero) is 1. The van der Waals surface area contributed by atoms with E-state index in [-0.39, 0.29) is 18.2 Å². The van der Waals surface area contributed by atoms with Crippen molar-refractivity contribution in [2.24, 2.45) is 0 Å². The van der Waals surface area contributed by atoms with Gasteiger partial charge in [-0.2, -0.15) is 0 Å². The number of rotatable bonds is 4. The molecular formula is C11H11N3O2S2. The number of hydrogen-bond donors (Lipinski definition) is 1. The summed E-state index contributed by atoms with van der Waals surface area (Å²) in [5.41, 5.74) is 1.15. The van der Waals surface area contributed by atoms with Gasteiger partial charge in [0.2, 0.25) is 5.91 Å². The summed E-state index contributed by atoms with van der Waals surface area (Å²) >= 11 is 3.05. The number of thiazole rings is 1. The third kappa shape index (κ3) is 2.85. The molecule has 2 heterocycles. The van der Waals surface area contributed by atoms with Gasteiger partial charge in [-0.25, -0.2) is 9.97 Å². The molecule has 2 aromatic heterocycles. The highest BCUT2D eigenvalue weighted by Crippen LogP contribution is 2.27. The SMILES string of the molecule is CSc1nc2ncc(C(=O)CNC(C)=O)cc2s1. The highest BCUT2D eigenvalue weighted by molar-refractivity contribution is 8.00. The Morgan fingerprint density at radius 1 is 1.50 bits per heavy atom. The molecule has 0 aliphatic carbocycles. The minimum atomic E-state index is -0.222. The van der Waals surface area contributed by atoms with Gasteiger partial charge in [-0.3, -0.25) is 9.59 Å². The second kappa shape index (κ2) is 5.45. The number of carbonyl (C=O) groups excluding carboxylic acids is 2. The van der Waals surface area contributed by atoms with Crippen LogP contribution in [0.5, 0.6) is 0 Å². The molecule has 0 bridgehead atoms. The monoisotopic (exact) mass is 281 g/mol. The van der Waals surface area contributed by atoms with Crippen LogP contribution in [0.2, 0.25) is 0 Å². The fraction of sp³-hybridized carbons (Fsp3) is 0.273. The normalized spacial score (nSPS) is 10.6. The number of hydrogen-bond acceptors (Lipinski definition) is 6. The minimum Gasteiger partial charge on any atom is -0.349 e. The van der Waals surface area contributed by atoms with E-state index < -0.39 is 0 Å². The van der Waals surface area contributed by atoms with Gasteiger partial charge in [-0.1, -0.05) is 11.8 Å². The van der Waals surface area contributed by atoms with Crippen molar-refractivity contribution in [3.8, 4) is 0 Å². The summed E-state index contributed by atoms with van der Waals surface area (Å²) in [4.78, 5) is 31.0. The highest BCUT2D eigenvalue weighted by Gasteiger charge is 2.10. The quantitative estimate of drug-likeness (QED) is 0.682. The molecule has 5 nitrogen and oxygen atoms in total. The van der Waals surface area contributed by atoms with Gasteiger partial charge in [0.1, 0.15) is 0 Å². The Hall–Kier alpha value is -1.47. The van der Waals surface area contributed by atoms with Crippen LogP contribution in [0.3, 0.4) is 0 Å². The molecule has 7 heteroatoms. The van der Waals surface area contributed by atoms with Crippen LogP contribution < -0.4 is 5.32 Å². The summed E-state index contributed by atoms with van der Waals surface area (Å²) in [6.45, 7) is 1.37. The van der Waals surface area contributed by atoms with Crippen molar-refractivity contribution in [1.82, 2.24) is 15.3 Å². The Bertz CT molecular complexity index is 609. The predicted octanol–water partition coefficient (Wildman–Crippen LogP) is 1.73. The van der Waals surface area contributed by atoms with Crippen LogP contribution in [0.25, 0.3) is 10.3 Å². The number of nitrogens with one attached hydrogen (secondary N) is 1. The summed E-state index contributed by atoms with van der Waals surface area (Å²) in [5, 5.41) is 2.48. The maximum Gasteiger partial charge on any atom is 0.217 e. The molecule has 0 aliphatic rings. The fourth-order valence-electron chi connectivity index (χ4n) is 1.35. The Balaban J connectivity index is 2.23. The van der Waals surface area contributed by atoms with Crippen LogP contribution in [0.4, 0.5) is 0 Å². The first-order valence-corrected chi connectivity index (χ1v) is 7.22. The number of fused-ring (bicyclic) bond motifs is 1. The number of carbonyl (C=O) groups is 2. The molecule has 1 N–H and O–H groups in total. The molecule has 0 fully saturated rings. The summed E-state index contributed by atoms with van der Waals surface area (Å²) in [7, 11) is 0. The van der Waals surface area contributed by atoms with Gasteiger partial charge in [-0.15, -0.1) is 11.3 Å². The van der Waals surface area contributed by atoms with E-state index in [4.69, 9.17) is 0 Å². The van der Waals surface area contributed by atoms with Crippen LogP contribution in [-0.4, -0.2) is 34.5 Å². The topological polar surface area (TPSA) is 72.0 Å². The smallest absolute Gasteiger partial charge is 0.217 e. The number of aromatic nitrogens is 2. The zero-order chi connectivity index (χ0) is 13.1. The fourth-order valence-corrected chi connectivity index (χ4v) is 2.82. The van der Waals surface area contributed by atoms with Crippen LogP contribution in [0, 0.1) is 0 Å². The first-order valence-electron chi connectivity index (χ1n) is 5.18. The Morgan fingerprint density at radius 2 is 2.28 bits per heavy atom. The molecule has 2 rings (SSSR count). The van der Waals surface area contributed by atoms with E-state index in [1.807, 2.05) is 6.26 Å². The van der Waals surface area contributed by atoms with Crippen molar-refractivity contribution in [3.05, 3.63) is 17.8 Å². The van der Waals surface area contributed by atoms with Crippen molar-refractivity contribution < 1.29 is 9.59 Å². The second-order valence-corrected chi connectivity index (χ2v) is 5.65.